The number of aryl methyl sites for hydroxylation is 2. The number of hydrogen-bond acceptors (Lipinski definition) is 2. The van der Waals surface area contributed by atoms with Crippen LogP contribution < -0.4 is 4.90 Å². The summed E-state index contributed by atoms with van der Waals surface area (Å²) in [6.07, 6.45) is 2.34. The number of fused-ring (bicyclic) bond motifs is 1. The second-order valence-electron chi connectivity index (χ2n) is 5.57. The second kappa shape index (κ2) is 5.32. The first-order valence-electron chi connectivity index (χ1n) is 6.96. The number of halogens is 1. The molecule has 0 bridgehead atoms. The number of amides is 1. The van der Waals surface area contributed by atoms with Crippen molar-refractivity contribution in [3.8, 4) is 0 Å². The number of rotatable bonds is 3. The molecule has 3 nitrogen and oxygen atoms in total. The minimum absolute atomic E-state index is 0.0958. The quantitative estimate of drug-likeness (QED) is 0.621. The first-order valence-corrected chi connectivity index (χ1v) is 7.75. The Balaban J connectivity index is 2.60. The van der Waals surface area contributed by atoms with Crippen molar-refractivity contribution in [1.82, 2.24) is 0 Å². The van der Waals surface area contributed by atoms with Gasteiger partial charge in [-0.05, 0) is 37.5 Å². The molecule has 2 rings (SSSR count). The third-order valence-corrected chi connectivity index (χ3v) is 5.02. The monoisotopic (exact) mass is 337 g/mol. The number of hydrogen-bond donors (Lipinski definition) is 0. The fourth-order valence-corrected chi connectivity index (χ4v) is 3.56. The van der Waals surface area contributed by atoms with Gasteiger partial charge in [-0.3, -0.25) is 9.59 Å². The largest absolute Gasteiger partial charge is 0.313 e. The molecule has 1 aromatic rings. The van der Waals surface area contributed by atoms with E-state index >= 15 is 0 Å². The van der Waals surface area contributed by atoms with Gasteiger partial charge in [-0.1, -0.05) is 41.8 Å². The Hall–Kier alpha value is -1.16. The van der Waals surface area contributed by atoms with Crippen molar-refractivity contribution in [2.45, 2.75) is 44.4 Å². The highest BCUT2D eigenvalue weighted by Gasteiger charge is 2.50. The van der Waals surface area contributed by atoms with E-state index in [1.165, 1.54) is 0 Å². The first-order chi connectivity index (χ1) is 9.32. The normalized spacial score (nSPS) is 22.1. The van der Waals surface area contributed by atoms with Gasteiger partial charge in [0.2, 0.25) is 0 Å². The van der Waals surface area contributed by atoms with Crippen LogP contribution in [0.5, 0.6) is 0 Å². The minimum Gasteiger partial charge on any atom is -0.313 e. The van der Waals surface area contributed by atoms with Crippen molar-refractivity contribution in [1.29, 1.82) is 0 Å². The Labute approximate surface area is 128 Å². The van der Waals surface area contributed by atoms with E-state index < -0.39 is 4.32 Å². The molecule has 1 aromatic carbocycles. The lowest BCUT2D eigenvalue weighted by Crippen LogP contribution is -2.53. The maximum atomic E-state index is 12.8. The van der Waals surface area contributed by atoms with Crippen LogP contribution >= 0.6 is 15.9 Å². The molecule has 0 saturated heterocycles. The Morgan fingerprint density at radius 2 is 1.90 bits per heavy atom. The number of benzene rings is 1. The Kier molecular flexibility index (Phi) is 4.05. The van der Waals surface area contributed by atoms with Crippen LogP contribution in [0.2, 0.25) is 0 Å². The van der Waals surface area contributed by atoms with Crippen LogP contribution in [-0.2, 0) is 4.79 Å². The van der Waals surface area contributed by atoms with Gasteiger partial charge in [0.25, 0.3) is 5.91 Å². The SMILES string of the molecule is CCCCC1(Br)C(=O)c2c(C)cc(C)cc2N(C)C1=O. The predicted octanol–water partition coefficient (Wildman–Crippen LogP) is 3.79. The molecule has 0 aliphatic carbocycles. The van der Waals surface area contributed by atoms with Gasteiger partial charge in [-0.2, -0.15) is 0 Å². The van der Waals surface area contributed by atoms with Crippen LogP contribution in [0.15, 0.2) is 12.1 Å². The summed E-state index contributed by atoms with van der Waals surface area (Å²) in [5.74, 6) is -0.255. The standard InChI is InChI=1S/C16H20BrNO2/c1-5-6-7-16(17)14(19)13-11(3)8-10(2)9-12(13)18(4)15(16)20/h8-9H,5-7H2,1-4H3. The number of anilines is 1. The van der Waals surface area contributed by atoms with Crippen LogP contribution in [0.3, 0.4) is 0 Å². The summed E-state index contributed by atoms with van der Waals surface area (Å²) in [5, 5.41) is 0. The van der Waals surface area contributed by atoms with Crippen molar-refractivity contribution < 1.29 is 9.59 Å². The molecular weight excluding hydrogens is 318 g/mol. The molecule has 1 atom stereocenters. The predicted molar refractivity (Wildman–Crippen MR) is 84.8 cm³/mol. The summed E-state index contributed by atoms with van der Waals surface area (Å²) in [4.78, 5) is 27.1. The van der Waals surface area contributed by atoms with Crippen LogP contribution in [0.1, 0.15) is 47.7 Å². The number of carbonyl (C=O) groups is 2. The molecule has 0 saturated carbocycles. The van der Waals surface area contributed by atoms with Crippen molar-refractivity contribution in [2.24, 2.45) is 0 Å². The Bertz CT molecular complexity index is 582. The summed E-state index contributed by atoms with van der Waals surface area (Å²) in [5.41, 5.74) is 3.39. The third kappa shape index (κ3) is 2.20. The van der Waals surface area contributed by atoms with Crippen molar-refractivity contribution in [3.05, 3.63) is 28.8 Å². The summed E-state index contributed by atoms with van der Waals surface area (Å²) in [6, 6.07) is 3.90. The molecule has 108 valence electrons. The van der Waals surface area contributed by atoms with E-state index in [-0.39, 0.29) is 11.7 Å². The minimum atomic E-state index is -1.09. The molecule has 1 unspecified atom stereocenters. The molecule has 1 heterocycles. The van der Waals surface area contributed by atoms with E-state index in [1.54, 1.807) is 11.9 Å². The summed E-state index contributed by atoms with van der Waals surface area (Å²) < 4.78 is -1.09. The van der Waals surface area contributed by atoms with Gasteiger partial charge in [-0.25, -0.2) is 0 Å². The fraction of sp³-hybridized carbons (Fsp3) is 0.500. The molecule has 0 aromatic heterocycles. The molecule has 1 aliphatic heterocycles. The first kappa shape index (κ1) is 15.2. The van der Waals surface area contributed by atoms with Crippen molar-refractivity contribution in [2.75, 3.05) is 11.9 Å². The molecule has 20 heavy (non-hydrogen) atoms. The zero-order valence-electron chi connectivity index (χ0n) is 12.4. The van der Waals surface area contributed by atoms with Crippen molar-refractivity contribution in [3.63, 3.8) is 0 Å². The Morgan fingerprint density at radius 1 is 1.25 bits per heavy atom. The average Bonchev–Trinajstić information content (AvgIpc) is 2.40. The lowest BCUT2D eigenvalue weighted by molar-refractivity contribution is -0.119. The van der Waals surface area contributed by atoms with E-state index in [0.717, 1.165) is 29.7 Å². The summed E-state index contributed by atoms with van der Waals surface area (Å²) in [6.45, 7) is 5.96. The highest BCUT2D eigenvalue weighted by Crippen LogP contribution is 2.41. The maximum absolute atomic E-state index is 12.8. The van der Waals surface area contributed by atoms with Gasteiger partial charge in [0.1, 0.15) is 0 Å². The highest BCUT2D eigenvalue weighted by atomic mass is 79.9. The van der Waals surface area contributed by atoms with E-state index in [0.29, 0.717) is 12.0 Å². The van der Waals surface area contributed by atoms with Crippen molar-refractivity contribution >= 4 is 33.3 Å². The van der Waals surface area contributed by atoms with Crippen LogP contribution in [0.4, 0.5) is 5.69 Å². The lowest BCUT2D eigenvalue weighted by atomic mass is 9.84. The number of alkyl halides is 1. The maximum Gasteiger partial charge on any atom is 0.251 e. The van der Waals surface area contributed by atoms with E-state index in [4.69, 9.17) is 0 Å². The summed E-state index contributed by atoms with van der Waals surface area (Å²) in [7, 11) is 1.74. The smallest absolute Gasteiger partial charge is 0.251 e. The van der Waals surface area contributed by atoms with Gasteiger partial charge in [0, 0.05) is 12.6 Å². The Morgan fingerprint density at radius 3 is 2.50 bits per heavy atom. The number of carbonyl (C=O) groups excluding carboxylic acids is 2. The van der Waals surface area contributed by atoms with E-state index in [1.807, 2.05) is 26.0 Å². The molecule has 0 fully saturated rings. The van der Waals surface area contributed by atoms with Gasteiger partial charge in [0.15, 0.2) is 10.1 Å². The number of Topliss-reactive ketones (excluding diaryl/α,β-unsaturated/α-hetero) is 1. The van der Waals surface area contributed by atoms with E-state index in [9.17, 15) is 9.59 Å². The zero-order valence-corrected chi connectivity index (χ0v) is 14.0. The van der Waals surface area contributed by atoms with Crippen LogP contribution in [0.25, 0.3) is 0 Å². The molecule has 4 heteroatoms. The second-order valence-corrected chi connectivity index (χ2v) is 6.93. The van der Waals surface area contributed by atoms with Crippen LogP contribution in [0, 0.1) is 13.8 Å². The fourth-order valence-electron chi connectivity index (χ4n) is 2.82. The number of unbranched alkanes of at least 4 members (excludes halogenated alkanes) is 1. The van der Waals surface area contributed by atoms with E-state index in [2.05, 4.69) is 22.9 Å². The lowest BCUT2D eigenvalue weighted by Gasteiger charge is -2.37. The molecule has 1 aliphatic rings. The van der Waals surface area contributed by atoms with Gasteiger partial charge >= 0.3 is 0 Å². The van der Waals surface area contributed by atoms with Gasteiger partial charge < -0.3 is 4.90 Å². The average molecular weight is 338 g/mol. The molecule has 0 radical (unpaired) electrons. The summed E-state index contributed by atoms with van der Waals surface area (Å²) >= 11 is 3.45. The zero-order chi connectivity index (χ0) is 15.1. The van der Waals surface area contributed by atoms with Gasteiger partial charge in [-0.15, -0.1) is 0 Å². The molecular formula is C16H20BrNO2. The highest BCUT2D eigenvalue weighted by molar-refractivity contribution is 9.10. The van der Waals surface area contributed by atoms with Gasteiger partial charge in [0.05, 0.1) is 5.69 Å². The topological polar surface area (TPSA) is 37.4 Å². The molecule has 0 N–H and O–H groups in total. The molecule has 0 spiro atoms. The van der Waals surface area contributed by atoms with Crippen LogP contribution in [-0.4, -0.2) is 23.1 Å². The molecule has 1 amide bonds. The number of ketones is 1. The third-order valence-electron chi connectivity index (χ3n) is 3.93. The number of nitrogens with zero attached hydrogens (tertiary/aromatic N) is 1.